The molecule has 0 aliphatic carbocycles. The lowest BCUT2D eigenvalue weighted by Crippen LogP contribution is -2.44. The Hall–Kier alpha value is -0.130. The van der Waals surface area contributed by atoms with Crippen molar-refractivity contribution in [3.05, 3.63) is 21.3 Å². The SMILES string of the molecule is OC1(CNCc2ccc(Cl)s2)CCOCC1. The maximum Gasteiger partial charge on any atom is 0.0931 e. The first-order chi connectivity index (χ1) is 7.68. The average molecular weight is 262 g/mol. The molecule has 0 unspecified atom stereocenters. The predicted molar refractivity (Wildman–Crippen MR) is 66.0 cm³/mol. The number of hydrogen-bond acceptors (Lipinski definition) is 4. The van der Waals surface area contributed by atoms with Gasteiger partial charge in [-0.3, -0.25) is 0 Å². The van der Waals surface area contributed by atoms with Crippen LogP contribution in [-0.2, 0) is 11.3 Å². The molecule has 2 rings (SSSR count). The van der Waals surface area contributed by atoms with Crippen molar-refractivity contribution in [1.29, 1.82) is 0 Å². The van der Waals surface area contributed by atoms with E-state index in [4.69, 9.17) is 16.3 Å². The van der Waals surface area contributed by atoms with E-state index in [1.54, 1.807) is 11.3 Å². The summed E-state index contributed by atoms with van der Waals surface area (Å²) >= 11 is 7.41. The van der Waals surface area contributed by atoms with Crippen molar-refractivity contribution >= 4 is 22.9 Å². The highest BCUT2D eigenvalue weighted by atomic mass is 35.5. The summed E-state index contributed by atoms with van der Waals surface area (Å²) in [5, 5.41) is 13.5. The predicted octanol–water partition coefficient (Wildman–Crippen LogP) is 2.03. The van der Waals surface area contributed by atoms with Crippen LogP contribution in [0.5, 0.6) is 0 Å². The monoisotopic (exact) mass is 261 g/mol. The van der Waals surface area contributed by atoms with Crippen molar-refractivity contribution in [3.8, 4) is 0 Å². The normalized spacial score (nSPS) is 19.9. The summed E-state index contributed by atoms with van der Waals surface area (Å²) in [6.07, 6.45) is 1.43. The van der Waals surface area contributed by atoms with Gasteiger partial charge >= 0.3 is 0 Å². The van der Waals surface area contributed by atoms with E-state index in [1.807, 2.05) is 12.1 Å². The molecular weight excluding hydrogens is 246 g/mol. The zero-order chi connectivity index (χ0) is 11.4. The van der Waals surface area contributed by atoms with Gasteiger partial charge in [-0.2, -0.15) is 0 Å². The number of hydrogen-bond donors (Lipinski definition) is 2. The van der Waals surface area contributed by atoms with E-state index >= 15 is 0 Å². The quantitative estimate of drug-likeness (QED) is 0.872. The van der Waals surface area contributed by atoms with Crippen LogP contribution in [0.25, 0.3) is 0 Å². The number of ether oxygens (including phenoxy) is 1. The van der Waals surface area contributed by atoms with Crippen molar-refractivity contribution in [3.63, 3.8) is 0 Å². The summed E-state index contributed by atoms with van der Waals surface area (Å²) in [5.74, 6) is 0. The van der Waals surface area contributed by atoms with Gasteiger partial charge in [-0.25, -0.2) is 0 Å². The van der Waals surface area contributed by atoms with Gasteiger partial charge in [-0.15, -0.1) is 11.3 Å². The first-order valence-corrected chi connectivity index (χ1v) is 6.62. The minimum atomic E-state index is -0.598. The lowest BCUT2D eigenvalue weighted by Gasteiger charge is -2.32. The van der Waals surface area contributed by atoms with Gasteiger partial charge in [-0.05, 0) is 12.1 Å². The molecule has 0 spiro atoms. The Bertz CT molecular complexity index is 336. The molecule has 0 saturated carbocycles. The molecule has 1 aliphatic heterocycles. The smallest absolute Gasteiger partial charge is 0.0931 e. The van der Waals surface area contributed by atoms with Crippen LogP contribution in [0.4, 0.5) is 0 Å². The molecule has 3 nitrogen and oxygen atoms in total. The largest absolute Gasteiger partial charge is 0.388 e. The summed E-state index contributed by atoms with van der Waals surface area (Å²) in [4.78, 5) is 1.20. The van der Waals surface area contributed by atoms with Crippen LogP contribution in [0.1, 0.15) is 17.7 Å². The molecule has 1 aliphatic rings. The lowest BCUT2D eigenvalue weighted by atomic mass is 9.94. The van der Waals surface area contributed by atoms with Crippen LogP contribution >= 0.6 is 22.9 Å². The highest BCUT2D eigenvalue weighted by molar-refractivity contribution is 7.16. The Kier molecular flexibility index (Phi) is 4.21. The fourth-order valence-electron chi connectivity index (χ4n) is 1.79. The fourth-order valence-corrected chi connectivity index (χ4v) is 2.85. The maximum atomic E-state index is 10.2. The lowest BCUT2D eigenvalue weighted by molar-refractivity contribution is -0.0616. The van der Waals surface area contributed by atoms with Gasteiger partial charge in [0.2, 0.25) is 0 Å². The van der Waals surface area contributed by atoms with Crippen molar-refractivity contribution in [2.24, 2.45) is 0 Å². The summed E-state index contributed by atoms with van der Waals surface area (Å²) in [5.41, 5.74) is -0.598. The second kappa shape index (κ2) is 5.47. The molecule has 0 aromatic carbocycles. The third-order valence-electron chi connectivity index (χ3n) is 2.81. The minimum absolute atomic E-state index is 0.598. The third kappa shape index (κ3) is 3.43. The molecule has 16 heavy (non-hydrogen) atoms. The molecule has 1 aromatic rings. The second-order valence-electron chi connectivity index (χ2n) is 4.15. The van der Waals surface area contributed by atoms with Crippen LogP contribution < -0.4 is 5.32 Å². The molecule has 0 radical (unpaired) electrons. The summed E-state index contributed by atoms with van der Waals surface area (Å²) in [7, 11) is 0. The number of nitrogens with one attached hydrogen (secondary N) is 1. The van der Waals surface area contributed by atoms with Crippen molar-refractivity contribution in [1.82, 2.24) is 5.32 Å². The van der Waals surface area contributed by atoms with Crippen LogP contribution in [0.3, 0.4) is 0 Å². The topological polar surface area (TPSA) is 41.5 Å². The average Bonchev–Trinajstić information content (AvgIpc) is 2.65. The molecule has 5 heteroatoms. The number of halogens is 1. The van der Waals surface area contributed by atoms with Gasteiger partial charge in [0, 0.05) is 44.0 Å². The second-order valence-corrected chi connectivity index (χ2v) is 5.95. The Morgan fingerprint density at radius 3 is 2.81 bits per heavy atom. The van der Waals surface area contributed by atoms with Crippen molar-refractivity contribution in [2.75, 3.05) is 19.8 Å². The summed E-state index contributed by atoms with van der Waals surface area (Å²) < 4.78 is 6.04. The Morgan fingerprint density at radius 1 is 1.44 bits per heavy atom. The van der Waals surface area contributed by atoms with E-state index in [2.05, 4.69) is 5.32 Å². The maximum absolute atomic E-state index is 10.2. The van der Waals surface area contributed by atoms with E-state index in [1.165, 1.54) is 4.88 Å². The van der Waals surface area contributed by atoms with Gasteiger partial charge in [0.25, 0.3) is 0 Å². The zero-order valence-corrected chi connectivity index (χ0v) is 10.6. The Balaban J connectivity index is 1.74. The van der Waals surface area contributed by atoms with Gasteiger partial charge < -0.3 is 15.2 Å². The molecule has 0 amide bonds. The number of thiophene rings is 1. The Morgan fingerprint density at radius 2 is 2.19 bits per heavy atom. The van der Waals surface area contributed by atoms with E-state index in [-0.39, 0.29) is 0 Å². The molecule has 1 fully saturated rings. The fraction of sp³-hybridized carbons (Fsp3) is 0.636. The number of aliphatic hydroxyl groups is 1. The van der Waals surface area contributed by atoms with Crippen LogP contribution in [0.2, 0.25) is 4.34 Å². The highest BCUT2D eigenvalue weighted by Gasteiger charge is 2.29. The molecule has 2 heterocycles. The van der Waals surface area contributed by atoms with E-state index < -0.39 is 5.60 Å². The molecule has 0 bridgehead atoms. The molecule has 2 N–H and O–H groups in total. The summed E-state index contributed by atoms with van der Waals surface area (Å²) in [6.45, 7) is 2.69. The summed E-state index contributed by atoms with van der Waals surface area (Å²) in [6, 6.07) is 3.90. The molecule has 90 valence electrons. The van der Waals surface area contributed by atoms with E-state index in [0.717, 1.165) is 10.9 Å². The first kappa shape index (κ1) is 12.3. The van der Waals surface area contributed by atoms with Gasteiger partial charge in [0.1, 0.15) is 0 Å². The standard InChI is InChI=1S/C11H16ClNO2S/c12-10-2-1-9(16-10)7-13-8-11(14)3-5-15-6-4-11/h1-2,13-14H,3-8H2. The van der Waals surface area contributed by atoms with Crippen LogP contribution in [0.15, 0.2) is 12.1 Å². The van der Waals surface area contributed by atoms with E-state index in [9.17, 15) is 5.11 Å². The zero-order valence-electron chi connectivity index (χ0n) is 9.04. The molecular formula is C11H16ClNO2S. The molecule has 1 saturated heterocycles. The minimum Gasteiger partial charge on any atom is -0.388 e. The Labute approximate surface area is 104 Å². The van der Waals surface area contributed by atoms with Crippen LogP contribution in [-0.4, -0.2) is 30.5 Å². The van der Waals surface area contributed by atoms with E-state index in [0.29, 0.717) is 32.6 Å². The highest BCUT2D eigenvalue weighted by Crippen LogP contribution is 2.22. The third-order valence-corrected chi connectivity index (χ3v) is 4.04. The van der Waals surface area contributed by atoms with Crippen molar-refractivity contribution in [2.45, 2.75) is 25.0 Å². The molecule has 0 atom stereocenters. The van der Waals surface area contributed by atoms with Gasteiger partial charge in [0.05, 0.1) is 9.94 Å². The first-order valence-electron chi connectivity index (χ1n) is 5.43. The van der Waals surface area contributed by atoms with Gasteiger partial charge in [-0.1, -0.05) is 11.6 Å². The number of rotatable bonds is 4. The molecule has 1 aromatic heterocycles. The van der Waals surface area contributed by atoms with Crippen LogP contribution in [0, 0.1) is 0 Å². The van der Waals surface area contributed by atoms with Crippen molar-refractivity contribution < 1.29 is 9.84 Å². The van der Waals surface area contributed by atoms with Gasteiger partial charge in [0.15, 0.2) is 0 Å².